The summed E-state index contributed by atoms with van der Waals surface area (Å²) in [4.78, 5) is 40.7. The summed E-state index contributed by atoms with van der Waals surface area (Å²) in [5.41, 5.74) is 3.78. The van der Waals surface area contributed by atoms with Crippen molar-refractivity contribution in [1.29, 1.82) is 0 Å². The van der Waals surface area contributed by atoms with Gasteiger partial charge in [0.05, 0.1) is 11.0 Å². The number of nitrogens with zero attached hydrogens (tertiary/aromatic N) is 5. The van der Waals surface area contributed by atoms with Crippen LogP contribution in [0.1, 0.15) is 49.1 Å². The van der Waals surface area contributed by atoms with Gasteiger partial charge in [0.15, 0.2) is 0 Å². The van der Waals surface area contributed by atoms with E-state index in [4.69, 9.17) is 4.98 Å². The van der Waals surface area contributed by atoms with Gasteiger partial charge in [0.1, 0.15) is 18.2 Å². The van der Waals surface area contributed by atoms with Crippen molar-refractivity contribution in [2.24, 2.45) is 0 Å². The number of halogens is 1. The third kappa shape index (κ3) is 8.54. The van der Waals surface area contributed by atoms with Crippen molar-refractivity contribution >= 4 is 33.6 Å². The van der Waals surface area contributed by atoms with Crippen molar-refractivity contribution in [3.8, 4) is 0 Å². The highest BCUT2D eigenvalue weighted by atomic mass is 79.9. The number of carbonyl (C=O) groups excluding carboxylic acids is 1. The first-order chi connectivity index (χ1) is 16.8. The Hall–Kier alpha value is -2.59. The molecule has 0 aliphatic heterocycles. The quantitative estimate of drug-likeness (QED) is 0.368. The van der Waals surface area contributed by atoms with Gasteiger partial charge in [0.25, 0.3) is 0 Å². The molecule has 1 amide bonds. The predicted molar refractivity (Wildman–Crippen MR) is 138 cm³/mol. The number of unbranched alkanes of at least 4 members (excludes halogenated alkanes) is 1. The molecule has 0 unspecified atom stereocenters. The number of aryl methyl sites for hydroxylation is 3. The minimum Gasteiger partial charge on any atom is -0.480 e. The zero-order valence-corrected chi connectivity index (χ0v) is 22.1. The van der Waals surface area contributed by atoms with Crippen LogP contribution in [-0.2, 0) is 28.9 Å². The van der Waals surface area contributed by atoms with E-state index >= 15 is 0 Å². The fourth-order valence-corrected chi connectivity index (χ4v) is 4.50. The normalized spacial score (nSPS) is 13.8. The first-order valence-electron chi connectivity index (χ1n) is 12.2. The summed E-state index contributed by atoms with van der Waals surface area (Å²) >= 11 is 3.34. The maximum Gasteiger partial charge on any atom is 0.326 e. The number of hydrogen-bond acceptors (Lipinski definition) is 7. The van der Waals surface area contributed by atoms with E-state index in [9.17, 15) is 14.7 Å². The molecule has 2 aromatic heterocycles. The van der Waals surface area contributed by atoms with E-state index in [-0.39, 0.29) is 12.5 Å². The Morgan fingerprint density at radius 2 is 1.97 bits per heavy atom. The van der Waals surface area contributed by atoms with E-state index in [1.807, 2.05) is 4.90 Å². The van der Waals surface area contributed by atoms with Crippen molar-refractivity contribution in [3.05, 3.63) is 46.1 Å². The number of carboxylic acid groups (broad SMARTS) is 1. The van der Waals surface area contributed by atoms with Gasteiger partial charge < -0.3 is 15.3 Å². The second-order valence-corrected chi connectivity index (χ2v) is 10.0. The molecule has 190 valence electrons. The van der Waals surface area contributed by atoms with Crippen LogP contribution < -0.4 is 5.32 Å². The van der Waals surface area contributed by atoms with Crippen LogP contribution in [-0.4, -0.2) is 81.5 Å². The Bertz CT molecular complexity index is 1000. The summed E-state index contributed by atoms with van der Waals surface area (Å²) in [6.45, 7) is 1.45. The minimum atomic E-state index is -0.965. The number of pyridine rings is 1. The van der Waals surface area contributed by atoms with Gasteiger partial charge >= 0.3 is 5.97 Å². The van der Waals surface area contributed by atoms with Crippen LogP contribution in [0.2, 0.25) is 0 Å². The Balaban J connectivity index is 1.53. The van der Waals surface area contributed by atoms with Gasteiger partial charge in [0.2, 0.25) is 5.91 Å². The maximum absolute atomic E-state index is 12.4. The number of carbonyl (C=O) groups is 2. The number of aromatic nitrogens is 3. The Morgan fingerprint density at radius 1 is 1.17 bits per heavy atom. The van der Waals surface area contributed by atoms with Crippen molar-refractivity contribution in [2.45, 2.75) is 57.4 Å². The van der Waals surface area contributed by atoms with Crippen LogP contribution in [0.25, 0.3) is 0 Å². The van der Waals surface area contributed by atoms with Crippen molar-refractivity contribution in [2.75, 3.05) is 39.0 Å². The van der Waals surface area contributed by atoms with Crippen LogP contribution in [0.5, 0.6) is 0 Å². The molecule has 0 radical (unpaired) electrons. The summed E-state index contributed by atoms with van der Waals surface area (Å²) < 4.78 is 0.599. The Labute approximate surface area is 215 Å². The molecule has 2 N–H and O–H groups in total. The summed E-state index contributed by atoms with van der Waals surface area (Å²) in [7, 11) is 3.47. The molecule has 1 atom stereocenters. The second kappa shape index (κ2) is 13.5. The van der Waals surface area contributed by atoms with Gasteiger partial charge in [0, 0.05) is 38.2 Å². The molecule has 0 saturated heterocycles. The number of rotatable bonds is 13. The summed E-state index contributed by atoms with van der Waals surface area (Å²) in [5.74, 6) is -0.534. The van der Waals surface area contributed by atoms with Gasteiger partial charge in [-0.3, -0.25) is 14.7 Å². The van der Waals surface area contributed by atoms with Crippen LogP contribution in [0, 0.1) is 0 Å². The molecule has 0 aromatic carbocycles. The Kier molecular flexibility index (Phi) is 10.4. The highest BCUT2D eigenvalue weighted by Gasteiger charge is 2.21. The number of fused-ring (bicyclic) bond motifs is 1. The summed E-state index contributed by atoms with van der Waals surface area (Å²) in [6, 6.07) is 3.54. The molecule has 0 fully saturated rings. The number of carboxylic acids is 1. The molecule has 3 rings (SSSR count). The maximum atomic E-state index is 12.4. The van der Waals surface area contributed by atoms with Crippen molar-refractivity contribution < 1.29 is 14.7 Å². The third-order valence-electron chi connectivity index (χ3n) is 6.26. The van der Waals surface area contributed by atoms with Gasteiger partial charge in [-0.1, -0.05) is 6.07 Å². The number of likely N-dealkylation sites (N-methyl/N-ethyl adjacent to an activating group) is 1. The molecule has 9 nitrogen and oxygen atoms in total. The van der Waals surface area contributed by atoms with Crippen LogP contribution in [0.15, 0.2) is 29.1 Å². The van der Waals surface area contributed by atoms with Crippen LogP contribution in [0.4, 0.5) is 5.82 Å². The molecule has 1 aliphatic carbocycles. The van der Waals surface area contributed by atoms with E-state index in [0.29, 0.717) is 29.8 Å². The molecule has 0 saturated carbocycles. The van der Waals surface area contributed by atoms with Crippen LogP contribution in [0.3, 0.4) is 0 Å². The monoisotopic (exact) mass is 546 g/mol. The lowest BCUT2D eigenvalue weighted by Crippen LogP contribution is -2.40. The predicted octanol–water partition coefficient (Wildman–Crippen LogP) is 3.18. The molecule has 2 heterocycles. The molecule has 35 heavy (non-hydrogen) atoms. The second-order valence-electron chi connectivity index (χ2n) is 9.18. The largest absolute Gasteiger partial charge is 0.480 e. The standard InChI is InChI=1S/C25H35BrN6O3/c1-31(2)23(33)16-32(14-12-22(25(34)35)30-24-20(26)15-27-17-28-24)13-6-5-8-19-11-10-18-7-3-4-9-21(18)29-19/h10-11,15,17,22H,3-9,12-14,16H2,1-2H3,(H,34,35)(H,27,28,30)/t22-/m0/s1. The average molecular weight is 547 g/mol. The molecule has 1 aliphatic rings. The van der Waals surface area contributed by atoms with Crippen molar-refractivity contribution in [1.82, 2.24) is 24.8 Å². The van der Waals surface area contributed by atoms with Gasteiger partial charge in [-0.05, 0) is 85.5 Å². The number of aliphatic carboxylic acids is 1. The van der Waals surface area contributed by atoms with Gasteiger partial charge in [-0.2, -0.15) is 0 Å². The first-order valence-corrected chi connectivity index (χ1v) is 13.0. The smallest absolute Gasteiger partial charge is 0.326 e. The van der Waals surface area contributed by atoms with E-state index in [0.717, 1.165) is 37.8 Å². The lowest BCUT2D eigenvalue weighted by atomic mass is 9.95. The highest BCUT2D eigenvalue weighted by Crippen LogP contribution is 2.21. The molecular formula is C25H35BrN6O3. The molecule has 10 heteroatoms. The van der Waals surface area contributed by atoms with Gasteiger partial charge in [-0.15, -0.1) is 0 Å². The molecule has 0 bridgehead atoms. The lowest BCUT2D eigenvalue weighted by Gasteiger charge is -2.25. The van der Waals surface area contributed by atoms with E-state index < -0.39 is 12.0 Å². The zero-order valence-electron chi connectivity index (χ0n) is 20.5. The van der Waals surface area contributed by atoms with Crippen LogP contribution >= 0.6 is 15.9 Å². The first kappa shape index (κ1) is 27.0. The number of hydrogen-bond donors (Lipinski definition) is 2. The third-order valence-corrected chi connectivity index (χ3v) is 6.84. The van der Waals surface area contributed by atoms with E-state index in [2.05, 4.69) is 43.3 Å². The summed E-state index contributed by atoms with van der Waals surface area (Å²) in [5, 5.41) is 12.7. The highest BCUT2D eigenvalue weighted by molar-refractivity contribution is 9.10. The zero-order chi connectivity index (χ0) is 25.2. The Morgan fingerprint density at radius 3 is 2.71 bits per heavy atom. The number of nitrogens with one attached hydrogen (secondary N) is 1. The summed E-state index contributed by atoms with van der Waals surface area (Å²) in [6.07, 6.45) is 10.7. The average Bonchev–Trinajstić information content (AvgIpc) is 2.84. The van der Waals surface area contributed by atoms with E-state index in [1.165, 1.54) is 30.4 Å². The molecule has 0 spiro atoms. The minimum absolute atomic E-state index is 0.000247. The fraction of sp³-hybridized carbons (Fsp3) is 0.560. The molecular weight excluding hydrogens is 512 g/mol. The SMILES string of the molecule is CN(C)C(=O)CN(CCCCc1ccc2c(n1)CCCC2)CC[C@H](Nc1ncncc1Br)C(=O)O. The van der Waals surface area contributed by atoms with Gasteiger partial charge in [-0.25, -0.2) is 14.8 Å². The fourth-order valence-electron chi connectivity index (χ4n) is 4.16. The molecule has 2 aromatic rings. The van der Waals surface area contributed by atoms with Crippen molar-refractivity contribution in [3.63, 3.8) is 0 Å². The van der Waals surface area contributed by atoms with E-state index in [1.54, 1.807) is 25.2 Å². The number of amides is 1. The topological polar surface area (TPSA) is 112 Å². The lowest BCUT2D eigenvalue weighted by molar-refractivity contribution is -0.138. The number of anilines is 1.